The summed E-state index contributed by atoms with van der Waals surface area (Å²) in [5, 5.41) is 13.2. The summed E-state index contributed by atoms with van der Waals surface area (Å²) in [6.07, 6.45) is 8.31. The lowest BCUT2D eigenvalue weighted by atomic mass is 9.61. The van der Waals surface area contributed by atoms with Crippen molar-refractivity contribution < 1.29 is 14.3 Å². The molecule has 1 saturated heterocycles. The molecule has 1 fully saturated rings. The van der Waals surface area contributed by atoms with Gasteiger partial charge in [-0.05, 0) is 61.8 Å². The number of piperidine rings is 1. The second kappa shape index (κ2) is 6.32. The number of fused-ring (bicyclic) bond motifs is 4. The van der Waals surface area contributed by atoms with Gasteiger partial charge in [0.05, 0.1) is 18.6 Å². The zero-order valence-electron chi connectivity index (χ0n) is 15.1. The smallest absolute Gasteiger partial charge is 0.244 e. The zero-order valence-corrected chi connectivity index (χ0v) is 15.1. The summed E-state index contributed by atoms with van der Waals surface area (Å²) in [4.78, 5) is 14.9. The average Bonchev–Trinajstić information content (AvgIpc) is 3.13. The van der Waals surface area contributed by atoms with E-state index in [4.69, 9.17) is 4.42 Å². The number of carbonyl (C=O) groups excluding carboxylic acids is 1. The van der Waals surface area contributed by atoms with Crippen LogP contribution in [0.1, 0.15) is 30.0 Å². The topological polar surface area (TPSA) is 65.7 Å². The molecule has 2 heterocycles. The van der Waals surface area contributed by atoms with E-state index in [0.29, 0.717) is 0 Å². The molecule has 0 unspecified atom stereocenters. The number of aromatic hydroxyl groups is 1. The van der Waals surface area contributed by atoms with Crippen LogP contribution in [0.5, 0.6) is 5.75 Å². The Morgan fingerprint density at radius 1 is 1.42 bits per heavy atom. The lowest BCUT2D eigenvalue weighted by Gasteiger charge is -2.54. The van der Waals surface area contributed by atoms with Crippen molar-refractivity contribution >= 4 is 12.0 Å². The molecule has 1 aliphatic heterocycles. The summed E-state index contributed by atoms with van der Waals surface area (Å²) in [5.41, 5.74) is 3.10. The highest BCUT2D eigenvalue weighted by molar-refractivity contribution is 5.92. The number of nitrogens with zero attached hydrogens (tertiary/aromatic N) is 1. The maximum atomic E-state index is 12.6. The number of benzene rings is 1. The summed E-state index contributed by atoms with van der Waals surface area (Å²) in [6.45, 7) is 3.18. The highest BCUT2D eigenvalue weighted by Gasteiger charge is 2.50. The molecule has 5 heteroatoms. The van der Waals surface area contributed by atoms with Crippen LogP contribution < -0.4 is 5.32 Å². The van der Waals surface area contributed by atoms with Gasteiger partial charge in [-0.1, -0.05) is 13.0 Å². The molecular weight excluding hydrogens is 328 g/mol. The first-order chi connectivity index (χ1) is 12.5. The van der Waals surface area contributed by atoms with Crippen LogP contribution in [0.25, 0.3) is 6.08 Å². The molecule has 1 aromatic carbocycles. The fourth-order valence-electron chi connectivity index (χ4n) is 4.48. The quantitative estimate of drug-likeness (QED) is 0.834. The number of amides is 1. The molecule has 5 nitrogen and oxygen atoms in total. The molecule has 1 aromatic heterocycles. The molecule has 4 rings (SSSR count). The molecule has 1 aliphatic carbocycles. The Balaban J connectivity index is 1.63. The van der Waals surface area contributed by atoms with Crippen molar-refractivity contribution in [3.8, 4) is 5.75 Å². The van der Waals surface area contributed by atoms with E-state index in [1.54, 1.807) is 30.7 Å². The van der Waals surface area contributed by atoms with Crippen molar-refractivity contribution in [3.05, 3.63) is 59.6 Å². The molecular formula is C21H24N2O3. The van der Waals surface area contributed by atoms with Crippen LogP contribution in [-0.4, -0.2) is 41.6 Å². The number of nitrogens with one attached hydrogen (secondary N) is 1. The third-order valence-electron chi connectivity index (χ3n) is 6.03. The van der Waals surface area contributed by atoms with Crippen LogP contribution in [0, 0.1) is 0 Å². The van der Waals surface area contributed by atoms with E-state index in [1.165, 1.54) is 5.56 Å². The summed E-state index contributed by atoms with van der Waals surface area (Å²) >= 11 is 0. The summed E-state index contributed by atoms with van der Waals surface area (Å²) in [5.74, 6) is 0.179. The molecule has 2 bridgehead atoms. The summed E-state index contributed by atoms with van der Waals surface area (Å²) < 4.78 is 5.02. The monoisotopic (exact) mass is 352 g/mol. The lowest BCUT2D eigenvalue weighted by molar-refractivity contribution is -0.118. The summed E-state index contributed by atoms with van der Waals surface area (Å²) in [6, 6.07) is 7.70. The van der Waals surface area contributed by atoms with Crippen LogP contribution in [0.2, 0.25) is 0 Å². The van der Waals surface area contributed by atoms with E-state index < -0.39 is 0 Å². The molecule has 2 N–H and O–H groups in total. The molecule has 0 radical (unpaired) electrons. The van der Waals surface area contributed by atoms with Gasteiger partial charge in [-0.25, -0.2) is 0 Å². The van der Waals surface area contributed by atoms with Crippen molar-refractivity contribution in [2.24, 2.45) is 0 Å². The predicted molar refractivity (Wildman–Crippen MR) is 99.9 cm³/mol. The second-order valence-electron chi connectivity index (χ2n) is 7.64. The van der Waals surface area contributed by atoms with Crippen molar-refractivity contribution in [1.29, 1.82) is 0 Å². The number of likely N-dealkylation sites (tertiary alicyclic amines) is 1. The first kappa shape index (κ1) is 16.9. The Morgan fingerprint density at radius 3 is 3.04 bits per heavy atom. The summed E-state index contributed by atoms with van der Waals surface area (Å²) in [7, 11) is 2.12. The maximum Gasteiger partial charge on any atom is 0.244 e. The van der Waals surface area contributed by atoms with E-state index in [9.17, 15) is 9.90 Å². The number of phenols is 1. The highest BCUT2D eigenvalue weighted by atomic mass is 16.3. The number of rotatable bonds is 3. The van der Waals surface area contributed by atoms with Gasteiger partial charge < -0.3 is 19.7 Å². The number of phenolic OH excluding ortho intramolecular Hbond substituents is 1. The van der Waals surface area contributed by atoms with E-state index in [-0.39, 0.29) is 29.2 Å². The van der Waals surface area contributed by atoms with Gasteiger partial charge in [-0.15, -0.1) is 0 Å². The first-order valence-electron chi connectivity index (χ1n) is 9.01. The van der Waals surface area contributed by atoms with Gasteiger partial charge in [0.1, 0.15) is 5.75 Å². The van der Waals surface area contributed by atoms with Crippen molar-refractivity contribution in [2.75, 3.05) is 13.6 Å². The fourth-order valence-corrected chi connectivity index (χ4v) is 4.48. The van der Waals surface area contributed by atoms with E-state index in [1.807, 2.05) is 18.2 Å². The van der Waals surface area contributed by atoms with Crippen LogP contribution in [0.4, 0.5) is 0 Å². The zero-order chi connectivity index (χ0) is 18.3. The maximum absolute atomic E-state index is 12.6. The van der Waals surface area contributed by atoms with Gasteiger partial charge in [0.2, 0.25) is 5.91 Å². The van der Waals surface area contributed by atoms with Crippen LogP contribution in [0.15, 0.2) is 47.3 Å². The third kappa shape index (κ3) is 2.82. The Labute approximate surface area is 153 Å². The Hall–Kier alpha value is -2.53. The van der Waals surface area contributed by atoms with Crippen molar-refractivity contribution in [2.45, 2.75) is 37.3 Å². The minimum Gasteiger partial charge on any atom is -0.508 e. The van der Waals surface area contributed by atoms with Crippen LogP contribution >= 0.6 is 0 Å². The fraction of sp³-hybridized carbons (Fsp3) is 0.381. The largest absolute Gasteiger partial charge is 0.508 e. The molecule has 2 aliphatic rings. The number of hydrogen-bond donors (Lipinski definition) is 2. The minimum atomic E-state index is -0.192. The SMILES string of the molecule is CN1CC[C@@]2(C)c3cc(O)ccc3C[C@@H]1[C@@H]2NC(=O)/C=C/c1ccoc1. The highest BCUT2D eigenvalue weighted by Crippen LogP contribution is 2.45. The van der Waals surface area contributed by atoms with Crippen LogP contribution in [-0.2, 0) is 16.6 Å². The van der Waals surface area contributed by atoms with E-state index in [0.717, 1.165) is 30.5 Å². The Kier molecular flexibility index (Phi) is 4.11. The molecule has 2 aromatic rings. The number of likely N-dealkylation sites (N-methyl/N-ethyl adjacent to an activating group) is 1. The lowest BCUT2D eigenvalue weighted by Crippen LogP contribution is -2.66. The molecule has 1 amide bonds. The van der Waals surface area contributed by atoms with Gasteiger partial charge in [0.25, 0.3) is 0 Å². The second-order valence-corrected chi connectivity index (χ2v) is 7.64. The molecule has 0 spiro atoms. The molecule has 26 heavy (non-hydrogen) atoms. The molecule has 0 saturated carbocycles. The Morgan fingerprint density at radius 2 is 2.27 bits per heavy atom. The number of carbonyl (C=O) groups is 1. The van der Waals surface area contributed by atoms with Crippen molar-refractivity contribution in [1.82, 2.24) is 10.2 Å². The number of hydrogen-bond acceptors (Lipinski definition) is 4. The minimum absolute atomic E-state index is 0.00273. The van der Waals surface area contributed by atoms with Gasteiger partial charge in [-0.2, -0.15) is 0 Å². The first-order valence-corrected chi connectivity index (χ1v) is 9.01. The molecule has 3 atom stereocenters. The van der Waals surface area contributed by atoms with Gasteiger partial charge in [-0.3, -0.25) is 4.79 Å². The van der Waals surface area contributed by atoms with Crippen molar-refractivity contribution in [3.63, 3.8) is 0 Å². The van der Waals surface area contributed by atoms with Crippen LogP contribution in [0.3, 0.4) is 0 Å². The van der Waals surface area contributed by atoms with Gasteiger partial charge in [0, 0.05) is 23.1 Å². The number of furan rings is 1. The Bertz CT molecular complexity index is 843. The van der Waals surface area contributed by atoms with E-state index >= 15 is 0 Å². The van der Waals surface area contributed by atoms with Gasteiger partial charge >= 0.3 is 0 Å². The predicted octanol–water partition coefficient (Wildman–Crippen LogP) is 2.70. The van der Waals surface area contributed by atoms with E-state index in [2.05, 4.69) is 24.2 Å². The standard InChI is InChI=1S/C21H24N2O3/c1-21-8-9-23(2)18(11-15-4-5-16(24)12-17(15)21)20(21)22-19(25)6-3-14-7-10-26-13-14/h3-7,10,12-13,18,20,24H,8-9,11H2,1-2H3,(H,22,25)/b6-3+/t18-,20+,21+/m1/s1. The third-order valence-corrected chi connectivity index (χ3v) is 6.03. The molecule has 136 valence electrons. The average molecular weight is 352 g/mol. The normalized spacial score (nSPS) is 28.1. The van der Waals surface area contributed by atoms with Gasteiger partial charge in [0.15, 0.2) is 0 Å².